The number of aliphatic imine (C=N–C) groups is 1. The summed E-state index contributed by atoms with van der Waals surface area (Å²) in [5, 5.41) is 0. The van der Waals surface area contributed by atoms with Crippen molar-refractivity contribution in [3.8, 4) is 23.0 Å². The van der Waals surface area contributed by atoms with Gasteiger partial charge in [-0.2, -0.15) is 0 Å². The number of nitrogens with zero attached hydrogens (tertiary/aromatic N) is 1. The maximum absolute atomic E-state index is 12.8. The van der Waals surface area contributed by atoms with Crippen molar-refractivity contribution in [2.45, 2.75) is 27.2 Å². The molecule has 0 amide bonds. The zero-order valence-electron chi connectivity index (χ0n) is 19.2. The maximum atomic E-state index is 12.8. The van der Waals surface area contributed by atoms with Crippen molar-refractivity contribution < 1.29 is 23.7 Å². The molecule has 0 aliphatic heterocycles. The number of ether oxygens (including phenoxy) is 4. The Kier molecular flexibility index (Phi) is 8.07. The molecule has 0 bridgehead atoms. The first kappa shape index (κ1) is 23.8. The Hall–Kier alpha value is -3.48. The second kappa shape index (κ2) is 10.5. The molecule has 2 N–H and O–H groups in total. The molecule has 2 aromatic carbocycles. The largest absolute Gasteiger partial charge is 0.496 e. The molecule has 0 saturated carbocycles. The van der Waals surface area contributed by atoms with E-state index < -0.39 is 0 Å². The van der Waals surface area contributed by atoms with Crippen LogP contribution in [0.5, 0.6) is 23.0 Å². The summed E-state index contributed by atoms with van der Waals surface area (Å²) in [6, 6.07) is 7.32. The van der Waals surface area contributed by atoms with Crippen LogP contribution in [0.4, 0.5) is 0 Å². The van der Waals surface area contributed by atoms with E-state index in [1.54, 1.807) is 19.2 Å². The Morgan fingerprint density at radius 1 is 0.935 bits per heavy atom. The van der Waals surface area contributed by atoms with Gasteiger partial charge in [-0.1, -0.05) is 6.08 Å². The van der Waals surface area contributed by atoms with Crippen LogP contribution < -0.4 is 24.7 Å². The lowest BCUT2D eigenvalue weighted by Gasteiger charge is -2.14. The van der Waals surface area contributed by atoms with Gasteiger partial charge in [-0.05, 0) is 61.7 Å². The number of allylic oxidation sites excluding steroid dienone is 1. The first-order chi connectivity index (χ1) is 14.8. The molecule has 2 rings (SSSR count). The first-order valence-electron chi connectivity index (χ1n) is 9.77. The number of methoxy groups -OCH3 is 4. The Balaban J connectivity index is 2.33. The molecule has 166 valence electrons. The standard InChI is InChI=1S/C24H30N2O5/c1-8-18(17-9-14(2)15(3)20(13-17)28-4)26-24(25)19(27)10-16-11-21(29-5)23(31-7)22(12-16)30-6/h8-9,11-13H,10H2,1-7H3,(H2,25,26)/b18-8-. The average molecular weight is 427 g/mol. The van der Waals surface area contributed by atoms with Crippen molar-refractivity contribution >= 4 is 17.3 Å². The summed E-state index contributed by atoms with van der Waals surface area (Å²) >= 11 is 0. The lowest BCUT2D eigenvalue weighted by molar-refractivity contribution is -0.112. The zero-order valence-corrected chi connectivity index (χ0v) is 19.2. The molecule has 0 atom stereocenters. The van der Waals surface area contributed by atoms with Crippen LogP contribution in [0.3, 0.4) is 0 Å². The number of aryl methyl sites for hydroxylation is 1. The van der Waals surface area contributed by atoms with E-state index in [2.05, 4.69) is 4.99 Å². The number of Topliss-reactive ketones (excluding diaryl/α,β-unsaturated/α-hetero) is 1. The third-order valence-electron chi connectivity index (χ3n) is 5.02. The number of ketones is 1. The fraction of sp³-hybridized carbons (Fsp3) is 0.333. The summed E-state index contributed by atoms with van der Waals surface area (Å²) in [4.78, 5) is 17.2. The summed E-state index contributed by atoms with van der Waals surface area (Å²) in [6.07, 6.45) is 1.85. The average Bonchev–Trinajstić information content (AvgIpc) is 2.77. The number of hydrogen-bond acceptors (Lipinski definition) is 6. The maximum Gasteiger partial charge on any atom is 0.203 e. The predicted molar refractivity (Wildman–Crippen MR) is 123 cm³/mol. The number of nitrogens with two attached hydrogens (primary N) is 1. The van der Waals surface area contributed by atoms with Gasteiger partial charge in [0.2, 0.25) is 11.5 Å². The molecule has 0 unspecified atom stereocenters. The molecule has 0 aromatic heterocycles. The minimum atomic E-state index is -0.315. The molecule has 0 aliphatic rings. The van der Waals surface area contributed by atoms with E-state index in [0.29, 0.717) is 28.5 Å². The zero-order chi connectivity index (χ0) is 23.1. The van der Waals surface area contributed by atoms with Crippen molar-refractivity contribution in [1.29, 1.82) is 0 Å². The Bertz CT molecular complexity index is 1000. The van der Waals surface area contributed by atoms with Crippen LogP contribution in [0, 0.1) is 13.8 Å². The van der Waals surface area contributed by atoms with Gasteiger partial charge in [-0.3, -0.25) is 4.79 Å². The topological polar surface area (TPSA) is 92.4 Å². The number of benzene rings is 2. The van der Waals surface area contributed by atoms with Gasteiger partial charge in [0, 0.05) is 12.0 Å². The van der Waals surface area contributed by atoms with Crippen LogP contribution >= 0.6 is 0 Å². The number of rotatable bonds is 9. The predicted octanol–water partition coefficient (Wildman–Crippen LogP) is 3.87. The summed E-state index contributed by atoms with van der Waals surface area (Å²) < 4.78 is 21.5. The van der Waals surface area contributed by atoms with Crippen molar-refractivity contribution in [3.05, 3.63) is 52.6 Å². The molecule has 31 heavy (non-hydrogen) atoms. The molecule has 7 nitrogen and oxygen atoms in total. The van der Waals surface area contributed by atoms with Gasteiger partial charge in [0.1, 0.15) is 5.75 Å². The van der Waals surface area contributed by atoms with E-state index in [9.17, 15) is 4.79 Å². The summed E-state index contributed by atoms with van der Waals surface area (Å²) in [5.41, 5.74) is 10.3. The Labute approximate surface area is 183 Å². The van der Waals surface area contributed by atoms with Gasteiger partial charge in [0.25, 0.3) is 0 Å². The second-order valence-corrected chi connectivity index (χ2v) is 6.92. The highest BCUT2D eigenvalue weighted by Gasteiger charge is 2.17. The Morgan fingerprint density at radius 2 is 1.52 bits per heavy atom. The van der Waals surface area contributed by atoms with Crippen LogP contribution in [0.25, 0.3) is 5.70 Å². The molecule has 0 spiro atoms. The molecule has 0 fully saturated rings. The molecular weight excluding hydrogens is 396 g/mol. The van der Waals surface area contributed by atoms with Crippen LogP contribution in [0.2, 0.25) is 0 Å². The molecule has 7 heteroatoms. The minimum absolute atomic E-state index is 0.0410. The van der Waals surface area contributed by atoms with Gasteiger partial charge >= 0.3 is 0 Å². The fourth-order valence-electron chi connectivity index (χ4n) is 3.19. The quantitative estimate of drug-likeness (QED) is 0.483. The monoisotopic (exact) mass is 426 g/mol. The molecule has 0 radical (unpaired) electrons. The van der Waals surface area contributed by atoms with Crippen LogP contribution in [-0.2, 0) is 11.2 Å². The molecule has 0 heterocycles. The third kappa shape index (κ3) is 5.36. The van der Waals surface area contributed by atoms with Crippen LogP contribution in [-0.4, -0.2) is 40.1 Å². The number of amidine groups is 1. The molecule has 2 aromatic rings. The van der Waals surface area contributed by atoms with Gasteiger partial charge in [-0.25, -0.2) is 4.99 Å². The first-order valence-corrected chi connectivity index (χ1v) is 9.77. The van der Waals surface area contributed by atoms with Gasteiger partial charge < -0.3 is 24.7 Å². The van der Waals surface area contributed by atoms with Crippen molar-refractivity contribution in [3.63, 3.8) is 0 Å². The van der Waals surface area contributed by atoms with E-state index in [0.717, 1.165) is 22.4 Å². The second-order valence-electron chi connectivity index (χ2n) is 6.92. The van der Waals surface area contributed by atoms with E-state index >= 15 is 0 Å². The van der Waals surface area contributed by atoms with Crippen molar-refractivity contribution in [2.75, 3.05) is 28.4 Å². The van der Waals surface area contributed by atoms with Gasteiger partial charge in [0.05, 0.1) is 34.1 Å². The summed E-state index contributed by atoms with van der Waals surface area (Å²) in [5.74, 6) is 1.76. The van der Waals surface area contributed by atoms with Crippen molar-refractivity contribution in [1.82, 2.24) is 0 Å². The lowest BCUT2D eigenvalue weighted by Crippen LogP contribution is -2.25. The fourth-order valence-corrected chi connectivity index (χ4v) is 3.19. The Morgan fingerprint density at radius 3 is 2.00 bits per heavy atom. The van der Waals surface area contributed by atoms with E-state index in [1.165, 1.54) is 21.3 Å². The number of hydrogen-bond donors (Lipinski definition) is 1. The van der Waals surface area contributed by atoms with Gasteiger partial charge in [-0.15, -0.1) is 0 Å². The normalized spacial score (nSPS) is 11.8. The van der Waals surface area contributed by atoms with E-state index in [4.69, 9.17) is 24.7 Å². The highest BCUT2D eigenvalue weighted by atomic mass is 16.5. The SMILES string of the molecule is C/C=C(\N=C(N)C(=O)Cc1cc(OC)c(OC)c(OC)c1)c1cc(C)c(C)c(OC)c1. The van der Waals surface area contributed by atoms with Crippen molar-refractivity contribution in [2.24, 2.45) is 10.7 Å². The highest BCUT2D eigenvalue weighted by Crippen LogP contribution is 2.38. The summed E-state index contributed by atoms with van der Waals surface area (Å²) in [6.45, 7) is 5.83. The molecule has 0 aliphatic carbocycles. The van der Waals surface area contributed by atoms with Crippen LogP contribution in [0.15, 0.2) is 35.3 Å². The number of carbonyl (C=O) groups is 1. The smallest absolute Gasteiger partial charge is 0.203 e. The molecular formula is C24H30N2O5. The van der Waals surface area contributed by atoms with E-state index in [1.807, 2.05) is 39.0 Å². The minimum Gasteiger partial charge on any atom is -0.496 e. The number of carbonyl (C=O) groups excluding carboxylic acids is 1. The molecule has 0 saturated heterocycles. The summed E-state index contributed by atoms with van der Waals surface area (Å²) in [7, 11) is 6.19. The van der Waals surface area contributed by atoms with E-state index in [-0.39, 0.29) is 18.0 Å². The third-order valence-corrected chi connectivity index (χ3v) is 5.02. The highest BCUT2D eigenvalue weighted by molar-refractivity contribution is 6.39. The van der Waals surface area contributed by atoms with Crippen LogP contribution in [0.1, 0.15) is 29.2 Å². The van der Waals surface area contributed by atoms with Gasteiger partial charge in [0.15, 0.2) is 17.3 Å². The lowest BCUT2D eigenvalue weighted by atomic mass is 10.0.